The normalized spacial score (nSPS) is 9.23. The Hall–Kier alpha value is -0.800. The van der Waals surface area contributed by atoms with E-state index in [9.17, 15) is 5.11 Å². The summed E-state index contributed by atoms with van der Waals surface area (Å²) in [5.74, 6) is 0.352. The molecule has 3 heteroatoms. The lowest BCUT2D eigenvalue weighted by molar-refractivity contribution is -0.00000328. The van der Waals surface area contributed by atoms with Crippen LogP contribution < -0.4 is 17.0 Å². The van der Waals surface area contributed by atoms with E-state index in [1.54, 1.807) is 6.07 Å². The second-order valence-corrected chi connectivity index (χ2v) is 3.42. The third-order valence-corrected chi connectivity index (χ3v) is 2.52. The van der Waals surface area contributed by atoms with Gasteiger partial charge in [0.15, 0.2) is 0 Å². The maximum absolute atomic E-state index is 9.49. The number of phenols is 1. The van der Waals surface area contributed by atoms with Crippen LogP contribution in [0.15, 0.2) is 41.1 Å². The number of rotatable bonds is 1. The topological polar surface area (TPSA) is 20.2 Å². The molecule has 0 saturated heterocycles. The van der Waals surface area contributed by atoms with Gasteiger partial charge in [0.25, 0.3) is 0 Å². The van der Waals surface area contributed by atoms with E-state index in [-0.39, 0.29) is 17.0 Å². The zero-order chi connectivity index (χ0) is 8.39. The number of halogens is 1. The zero-order valence-corrected chi connectivity index (χ0v) is 9.29. The fourth-order valence-electron chi connectivity index (χ4n) is 1.17. The number of thiophene rings is 1. The van der Waals surface area contributed by atoms with Crippen LogP contribution in [0.25, 0.3) is 11.1 Å². The summed E-state index contributed by atoms with van der Waals surface area (Å²) in [6.45, 7) is 0. The number of hydrogen-bond acceptors (Lipinski definition) is 1. The van der Waals surface area contributed by atoms with E-state index in [1.165, 1.54) is 11.3 Å². The highest BCUT2D eigenvalue weighted by Crippen LogP contribution is 2.29. The predicted molar refractivity (Wildman–Crippen MR) is 52.8 cm³/mol. The molecule has 0 aliphatic carbocycles. The SMILES string of the molecule is Oc1ccccc1-c1cc[sH+]c1.[Br-]. The first-order valence-electron chi connectivity index (χ1n) is 3.73. The average Bonchev–Trinajstić information content (AvgIpc) is 2.57. The van der Waals surface area contributed by atoms with Crippen LogP contribution in [-0.4, -0.2) is 5.11 Å². The number of phenolic OH excluding ortho intramolecular Hbond substituents is 1. The Kier molecular flexibility index (Phi) is 3.51. The van der Waals surface area contributed by atoms with E-state index in [0.717, 1.165) is 11.1 Å². The minimum absolute atomic E-state index is 0. The van der Waals surface area contributed by atoms with Crippen molar-refractivity contribution in [2.75, 3.05) is 0 Å². The van der Waals surface area contributed by atoms with Gasteiger partial charge >= 0.3 is 0 Å². The largest absolute Gasteiger partial charge is 1.00 e. The van der Waals surface area contributed by atoms with Gasteiger partial charge in [0.1, 0.15) is 16.5 Å². The maximum Gasteiger partial charge on any atom is 0.143 e. The molecule has 1 nitrogen and oxygen atoms in total. The molecule has 1 aromatic heterocycles. The number of benzene rings is 1. The Balaban J connectivity index is 0.000000845. The van der Waals surface area contributed by atoms with E-state index in [4.69, 9.17) is 0 Å². The third kappa shape index (κ3) is 2.11. The van der Waals surface area contributed by atoms with Crippen LogP contribution in [-0.2, 0) is 0 Å². The monoisotopic (exact) mass is 256 g/mol. The Bertz CT molecular complexity index is 370. The van der Waals surface area contributed by atoms with Crippen LogP contribution in [0.4, 0.5) is 0 Å². The summed E-state index contributed by atoms with van der Waals surface area (Å²) in [4.78, 5) is 0. The number of aromatic hydroxyl groups is 1. The Morgan fingerprint density at radius 2 is 1.85 bits per heavy atom. The highest BCUT2D eigenvalue weighted by Gasteiger charge is 2.04. The molecule has 0 aliphatic heterocycles. The van der Waals surface area contributed by atoms with E-state index in [0.29, 0.717) is 5.75 Å². The lowest BCUT2D eigenvalue weighted by atomic mass is 10.1. The first kappa shape index (κ1) is 10.3. The van der Waals surface area contributed by atoms with Gasteiger partial charge in [-0.25, -0.2) is 0 Å². The number of hydrogen-bond donors (Lipinski definition) is 1. The molecule has 2 aromatic rings. The summed E-state index contributed by atoms with van der Waals surface area (Å²) < 4.78 is 0. The van der Waals surface area contributed by atoms with Crippen molar-refractivity contribution in [3.63, 3.8) is 0 Å². The standard InChI is InChI=1S/C10H8OS.BrH/c11-10-4-2-1-3-9(10)8-5-6-12-7-8;/h1-7,11H;1H. The lowest BCUT2D eigenvalue weighted by Gasteiger charge is -1.97. The van der Waals surface area contributed by atoms with Gasteiger partial charge in [-0.2, -0.15) is 0 Å². The summed E-state index contributed by atoms with van der Waals surface area (Å²) >= 11 is 1.19. The van der Waals surface area contributed by atoms with Crippen LogP contribution in [0.5, 0.6) is 5.75 Å². The molecule has 1 heterocycles. The smallest absolute Gasteiger partial charge is 0.143 e. The molecule has 0 atom stereocenters. The van der Waals surface area contributed by atoms with Gasteiger partial charge in [-0.3, -0.25) is 0 Å². The Morgan fingerprint density at radius 3 is 2.46 bits per heavy atom. The highest BCUT2D eigenvalue weighted by molar-refractivity contribution is 7.08. The fraction of sp³-hybridized carbons (Fsp3) is 0. The Labute approximate surface area is 91.4 Å². The second kappa shape index (κ2) is 4.44. The molecule has 0 spiro atoms. The van der Waals surface area contributed by atoms with Crippen molar-refractivity contribution in [3.05, 3.63) is 41.1 Å². The van der Waals surface area contributed by atoms with Crippen molar-refractivity contribution in [1.82, 2.24) is 0 Å². The molecule has 2 rings (SSSR count). The molecule has 13 heavy (non-hydrogen) atoms. The van der Waals surface area contributed by atoms with Crippen molar-refractivity contribution in [3.8, 4) is 16.9 Å². The molecule has 0 aliphatic rings. The van der Waals surface area contributed by atoms with Gasteiger partial charge in [0, 0.05) is 17.2 Å². The van der Waals surface area contributed by atoms with E-state index in [1.807, 2.05) is 24.3 Å². The van der Waals surface area contributed by atoms with Gasteiger partial charge in [-0.05, 0) is 17.4 Å². The van der Waals surface area contributed by atoms with E-state index in [2.05, 4.69) is 10.8 Å². The van der Waals surface area contributed by atoms with Crippen molar-refractivity contribution in [2.24, 2.45) is 0 Å². The predicted octanol–water partition coefficient (Wildman–Crippen LogP) is -0.143. The molecule has 68 valence electrons. The molecule has 1 aromatic carbocycles. The summed E-state index contributed by atoms with van der Waals surface area (Å²) in [5, 5.41) is 13.6. The van der Waals surface area contributed by atoms with Gasteiger partial charge < -0.3 is 22.1 Å². The van der Waals surface area contributed by atoms with Crippen LogP contribution in [0, 0.1) is 0 Å². The quantitative estimate of drug-likeness (QED) is 0.705. The van der Waals surface area contributed by atoms with Gasteiger partial charge in [-0.1, -0.05) is 18.2 Å². The molecule has 1 N–H and O–H groups in total. The van der Waals surface area contributed by atoms with Crippen LogP contribution in [0.2, 0.25) is 0 Å². The molecular weight excluding hydrogens is 248 g/mol. The number of para-hydroxylation sites is 1. The fourth-order valence-corrected chi connectivity index (χ4v) is 1.89. The van der Waals surface area contributed by atoms with Crippen LogP contribution >= 0.6 is 11.3 Å². The molecule has 0 radical (unpaired) electrons. The molecule has 0 saturated carbocycles. The Morgan fingerprint density at radius 1 is 1.08 bits per heavy atom. The lowest BCUT2D eigenvalue weighted by Crippen LogP contribution is -3.00. The first-order chi connectivity index (χ1) is 5.88. The van der Waals surface area contributed by atoms with E-state index < -0.39 is 0 Å². The third-order valence-electron chi connectivity index (χ3n) is 1.77. The van der Waals surface area contributed by atoms with Gasteiger partial charge in [0.2, 0.25) is 0 Å². The van der Waals surface area contributed by atoms with Crippen molar-refractivity contribution >= 4 is 11.3 Å². The zero-order valence-electron chi connectivity index (χ0n) is 6.81. The second-order valence-electron chi connectivity index (χ2n) is 2.57. The van der Waals surface area contributed by atoms with Crippen molar-refractivity contribution in [1.29, 1.82) is 0 Å². The molecular formula is C10H9BrOS. The van der Waals surface area contributed by atoms with Gasteiger partial charge in [-0.15, -0.1) is 0 Å². The van der Waals surface area contributed by atoms with Crippen molar-refractivity contribution in [2.45, 2.75) is 0 Å². The minimum atomic E-state index is 0. The highest BCUT2D eigenvalue weighted by atomic mass is 79.9. The van der Waals surface area contributed by atoms with Crippen LogP contribution in [0.3, 0.4) is 0 Å². The summed E-state index contributed by atoms with van der Waals surface area (Å²) in [6.07, 6.45) is 0. The van der Waals surface area contributed by atoms with Gasteiger partial charge in [0.05, 0.1) is 0 Å². The summed E-state index contributed by atoms with van der Waals surface area (Å²) in [5.41, 5.74) is 2.02. The van der Waals surface area contributed by atoms with Crippen LogP contribution in [0.1, 0.15) is 0 Å². The molecule has 0 amide bonds. The van der Waals surface area contributed by atoms with E-state index >= 15 is 0 Å². The first-order valence-corrected chi connectivity index (χ1v) is 4.76. The average molecular weight is 257 g/mol. The molecule has 0 unspecified atom stereocenters. The molecule has 0 bridgehead atoms. The summed E-state index contributed by atoms with van der Waals surface area (Å²) in [6, 6.07) is 9.41. The summed E-state index contributed by atoms with van der Waals surface area (Å²) in [7, 11) is 0. The van der Waals surface area contributed by atoms with Crippen molar-refractivity contribution < 1.29 is 22.1 Å². The maximum atomic E-state index is 9.49. The minimum Gasteiger partial charge on any atom is -1.00 e. The molecule has 0 fully saturated rings.